The van der Waals surface area contributed by atoms with E-state index in [0.717, 1.165) is 38.9 Å². The van der Waals surface area contributed by atoms with Crippen LogP contribution in [0, 0.1) is 11.8 Å². The van der Waals surface area contributed by atoms with Crippen molar-refractivity contribution < 1.29 is 4.79 Å². The Labute approximate surface area is 186 Å². The van der Waals surface area contributed by atoms with Crippen molar-refractivity contribution in [2.45, 2.75) is 44.6 Å². The summed E-state index contributed by atoms with van der Waals surface area (Å²) >= 11 is 0. The van der Waals surface area contributed by atoms with Crippen molar-refractivity contribution in [2.75, 3.05) is 37.6 Å². The second kappa shape index (κ2) is 8.66. The zero-order valence-corrected chi connectivity index (χ0v) is 18.7. The Balaban J connectivity index is 1.20. The van der Waals surface area contributed by atoms with E-state index < -0.39 is 0 Å². The Kier molecular flexibility index (Phi) is 5.75. The molecule has 0 aliphatic carbocycles. The van der Waals surface area contributed by atoms with Crippen molar-refractivity contribution >= 4 is 11.6 Å². The fraction of sp³-hybridized carbons (Fsp3) is 0.519. The van der Waals surface area contributed by atoms with Gasteiger partial charge in [0.05, 0.1) is 0 Å². The Morgan fingerprint density at radius 2 is 1.58 bits per heavy atom. The number of hydrogen-bond donors (Lipinski definition) is 1. The van der Waals surface area contributed by atoms with Crippen LogP contribution in [0.1, 0.15) is 39.0 Å². The third-order valence-electron chi connectivity index (χ3n) is 8.03. The molecule has 4 heteroatoms. The molecule has 0 aromatic heterocycles. The van der Waals surface area contributed by atoms with Gasteiger partial charge in [-0.1, -0.05) is 42.5 Å². The average Bonchev–Trinajstić information content (AvgIpc) is 3.08. The van der Waals surface area contributed by atoms with E-state index in [1.165, 1.54) is 42.7 Å². The average molecular weight is 418 g/mol. The van der Waals surface area contributed by atoms with Crippen LogP contribution < -0.4 is 10.2 Å². The van der Waals surface area contributed by atoms with Crippen LogP contribution in [0.4, 0.5) is 5.69 Å². The van der Waals surface area contributed by atoms with E-state index in [0.29, 0.717) is 11.8 Å². The first-order valence-electron chi connectivity index (χ1n) is 12.1. The minimum atomic E-state index is -0.0243. The van der Waals surface area contributed by atoms with Gasteiger partial charge in [-0.3, -0.25) is 4.79 Å². The van der Waals surface area contributed by atoms with Crippen molar-refractivity contribution in [2.24, 2.45) is 11.8 Å². The third-order valence-corrected chi connectivity index (χ3v) is 8.03. The first kappa shape index (κ1) is 20.6. The van der Waals surface area contributed by atoms with E-state index in [4.69, 9.17) is 0 Å². The first-order chi connectivity index (χ1) is 15.1. The highest BCUT2D eigenvalue weighted by Gasteiger charge is 2.42. The molecule has 1 N–H and O–H groups in total. The van der Waals surface area contributed by atoms with Crippen molar-refractivity contribution in [3.05, 3.63) is 54.6 Å². The summed E-state index contributed by atoms with van der Waals surface area (Å²) in [5, 5.41) is 3.53. The Bertz CT molecular complexity index is 898. The maximum absolute atomic E-state index is 13.2. The van der Waals surface area contributed by atoms with Crippen LogP contribution in [0.2, 0.25) is 0 Å². The van der Waals surface area contributed by atoms with Crippen LogP contribution in [0.5, 0.6) is 0 Å². The first-order valence-corrected chi connectivity index (χ1v) is 12.1. The topological polar surface area (TPSA) is 35.6 Å². The molecule has 1 unspecified atom stereocenters. The van der Waals surface area contributed by atoms with Gasteiger partial charge in [0.25, 0.3) is 0 Å². The predicted octanol–water partition coefficient (Wildman–Crippen LogP) is 4.56. The summed E-state index contributed by atoms with van der Waals surface area (Å²) in [6.07, 6.45) is 5.43. The van der Waals surface area contributed by atoms with Crippen LogP contribution >= 0.6 is 0 Å². The monoisotopic (exact) mass is 417 g/mol. The van der Waals surface area contributed by atoms with Crippen LogP contribution in [0.3, 0.4) is 0 Å². The third kappa shape index (κ3) is 4.36. The lowest BCUT2D eigenvalue weighted by Gasteiger charge is -2.40. The number of carbonyl (C=O) groups excluding carboxylic acids is 1. The number of nitrogens with one attached hydrogen (secondary N) is 1. The summed E-state index contributed by atoms with van der Waals surface area (Å²) in [6, 6.07) is 19.4. The van der Waals surface area contributed by atoms with E-state index in [1.54, 1.807) is 0 Å². The second-order valence-electron chi connectivity index (χ2n) is 9.95. The van der Waals surface area contributed by atoms with Gasteiger partial charge < -0.3 is 15.1 Å². The molecule has 0 radical (unpaired) electrons. The molecule has 164 valence electrons. The smallest absolute Gasteiger partial charge is 0.223 e. The largest absolute Gasteiger partial charge is 0.371 e. The fourth-order valence-corrected chi connectivity index (χ4v) is 5.85. The molecule has 4 nitrogen and oxygen atoms in total. The molecule has 4 saturated heterocycles. The standard InChI is InChI=1S/C27H35N3O/c1-27(14-19-29-15-12-24(27)13-16-29)28-26(31)22-10-17-30(18-11-22)25-9-5-8-23(20-25)21-6-3-2-4-7-21/h2-9,20,22,24H,10-19H2,1H3,(H,28,31). The molecule has 0 saturated carbocycles. The van der Waals surface area contributed by atoms with Gasteiger partial charge in [0, 0.05) is 36.8 Å². The number of anilines is 1. The number of nitrogens with zero attached hydrogens (tertiary/aromatic N) is 2. The lowest BCUT2D eigenvalue weighted by Crippen LogP contribution is -2.54. The van der Waals surface area contributed by atoms with Gasteiger partial charge in [0.1, 0.15) is 0 Å². The normalized spacial score (nSPS) is 28.9. The molecule has 4 fully saturated rings. The van der Waals surface area contributed by atoms with Gasteiger partial charge in [0.2, 0.25) is 5.91 Å². The molecule has 1 atom stereocenters. The highest BCUT2D eigenvalue weighted by Crippen LogP contribution is 2.36. The highest BCUT2D eigenvalue weighted by molar-refractivity contribution is 5.80. The summed E-state index contributed by atoms with van der Waals surface area (Å²) in [5.74, 6) is 1.07. The van der Waals surface area contributed by atoms with E-state index in [9.17, 15) is 4.79 Å². The van der Waals surface area contributed by atoms with Crippen molar-refractivity contribution in [1.29, 1.82) is 0 Å². The van der Waals surface area contributed by atoms with Crippen LogP contribution in [-0.4, -0.2) is 49.1 Å². The number of hydrogen-bond acceptors (Lipinski definition) is 3. The molecule has 4 aliphatic heterocycles. The summed E-state index contributed by atoms with van der Waals surface area (Å²) in [6.45, 7) is 7.74. The molecule has 6 rings (SSSR count). The van der Waals surface area contributed by atoms with Crippen LogP contribution in [-0.2, 0) is 4.79 Å². The minimum absolute atomic E-state index is 0.0243. The van der Waals surface area contributed by atoms with E-state index in [1.807, 2.05) is 0 Å². The number of benzene rings is 2. The molecular formula is C27H35N3O. The minimum Gasteiger partial charge on any atom is -0.371 e. The zero-order valence-electron chi connectivity index (χ0n) is 18.7. The molecule has 2 bridgehead atoms. The molecule has 1 amide bonds. The number of carbonyl (C=O) groups is 1. The predicted molar refractivity (Wildman–Crippen MR) is 127 cm³/mol. The molecule has 31 heavy (non-hydrogen) atoms. The summed E-state index contributed by atoms with van der Waals surface area (Å²) < 4.78 is 0. The lowest BCUT2D eigenvalue weighted by atomic mass is 9.78. The van der Waals surface area contributed by atoms with Gasteiger partial charge in [-0.15, -0.1) is 0 Å². The molecule has 4 aliphatic rings. The van der Waals surface area contributed by atoms with Gasteiger partial charge >= 0.3 is 0 Å². The van der Waals surface area contributed by atoms with Crippen molar-refractivity contribution in [3.8, 4) is 11.1 Å². The summed E-state index contributed by atoms with van der Waals surface area (Å²) in [4.78, 5) is 18.2. The summed E-state index contributed by atoms with van der Waals surface area (Å²) in [5.41, 5.74) is 3.75. The van der Waals surface area contributed by atoms with Crippen LogP contribution in [0.15, 0.2) is 54.6 Å². The SMILES string of the molecule is CC1(NC(=O)C2CCN(c3cccc(-c4ccccc4)c3)CC2)CCN2CCC1CC2. The molecular weight excluding hydrogens is 382 g/mol. The fourth-order valence-electron chi connectivity index (χ4n) is 5.85. The number of piperidine rings is 2. The van der Waals surface area contributed by atoms with E-state index in [2.05, 4.69) is 76.6 Å². The summed E-state index contributed by atoms with van der Waals surface area (Å²) in [7, 11) is 0. The highest BCUT2D eigenvalue weighted by atomic mass is 16.2. The van der Waals surface area contributed by atoms with Gasteiger partial charge in [0.15, 0.2) is 0 Å². The number of rotatable bonds is 4. The zero-order chi connectivity index (χ0) is 21.3. The van der Waals surface area contributed by atoms with E-state index >= 15 is 0 Å². The van der Waals surface area contributed by atoms with Crippen LogP contribution in [0.25, 0.3) is 11.1 Å². The molecule has 2 aromatic carbocycles. The van der Waals surface area contributed by atoms with Gasteiger partial charge in [-0.05, 0) is 81.3 Å². The van der Waals surface area contributed by atoms with Gasteiger partial charge in [-0.2, -0.15) is 0 Å². The Morgan fingerprint density at radius 1 is 0.871 bits per heavy atom. The van der Waals surface area contributed by atoms with Gasteiger partial charge in [-0.25, -0.2) is 0 Å². The van der Waals surface area contributed by atoms with Crippen molar-refractivity contribution in [3.63, 3.8) is 0 Å². The maximum Gasteiger partial charge on any atom is 0.223 e. The molecule has 0 spiro atoms. The quantitative estimate of drug-likeness (QED) is 0.792. The molecule has 2 aromatic rings. The molecule has 4 heterocycles. The number of fused-ring (bicyclic) bond motifs is 4. The second-order valence-corrected chi connectivity index (χ2v) is 9.95. The maximum atomic E-state index is 13.2. The Morgan fingerprint density at radius 3 is 2.32 bits per heavy atom. The lowest BCUT2D eigenvalue weighted by molar-refractivity contribution is -0.128. The number of amides is 1. The van der Waals surface area contributed by atoms with Crippen molar-refractivity contribution in [1.82, 2.24) is 10.2 Å². The van der Waals surface area contributed by atoms with E-state index in [-0.39, 0.29) is 11.5 Å². The Hall–Kier alpha value is -2.33.